The Morgan fingerprint density at radius 2 is 1.94 bits per heavy atom. The van der Waals surface area contributed by atoms with Crippen molar-refractivity contribution in [3.63, 3.8) is 0 Å². The third-order valence-corrected chi connectivity index (χ3v) is 3.15. The average molecular weight is 241 g/mol. The minimum atomic E-state index is 0.110. The van der Waals surface area contributed by atoms with E-state index in [0.29, 0.717) is 18.7 Å². The van der Waals surface area contributed by atoms with Crippen molar-refractivity contribution in [2.24, 2.45) is 0 Å². The van der Waals surface area contributed by atoms with Gasteiger partial charge < -0.3 is 5.11 Å². The molecule has 0 aliphatic carbocycles. The summed E-state index contributed by atoms with van der Waals surface area (Å²) in [5.41, 5.74) is 3.22. The van der Waals surface area contributed by atoms with Crippen LogP contribution in [-0.4, -0.2) is 16.8 Å². The van der Waals surface area contributed by atoms with Gasteiger partial charge in [0.2, 0.25) is 0 Å². The fraction of sp³-hybridized carbons (Fsp3) is 0.462. The molecule has 0 aliphatic heterocycles. The van der Waals surface area contributed by atoms with E-state index < -0.39 is 0 Å². The topological polar surface area (TPSA) is 37.3 Å². The van der Waals surface area contributed by atoms with Gasteiger partial charge in [-0.05, 0) is 49.9 Å². The number of halogens is 1. The zero-order chi connectivity index (χ0) is 12.3. The highest BCUT2D eigenvalue weighted by atomic mass is 35.5. The Hall–Kier alpha value is -1.02. The third-order valence-electron chi connectivity index (χ3n) is 2.89. The number of benzene rings is 1. The van der Waals surface area contributed by atoms with E-state index in [1.807, 2.05) is 20.8 Å². The Labute approximate surface area is 101 Å². The van der Waals surface area contributed by atoms with Crippen LogP contribution in [0.4, 0.5) is 0 Å². The van der Waals surface area contributed by atoms with Crippen molar-refractivity contribution in [1.29, 1.82) is 0 Å². The number of phenols is 1. The first-order valence-electron chi connectivity index (χ1n) is 5.38. The zero-order valence-electron chi connectivity index (χ0n) is 9.93. The van der Waals surface area contributed by atoms with Crippen LogP contribution in [0.5, 0.6) is 5.75 Å². The Balaban J connectivity index is 3.13. The van der Waals surface area contributed by atoms with E-state index in [-0.39, 0.29) is 11.5 Å². The Kier molecular flexibility index (Phi) is 4.36. The van der Waals surface area contributed by atoms with Gasteiger partial charge in [-0.25, -0.2) is 0 Å². The molecular weight excluding hydrogens is 224 g/mol. The van der Waals surface area contributed by atoms with Crippen LogP contribution in [-0.2, 0) is 0 Å². The maximum atomic E-state index is 12.0. The van der Waals surface area contributed by atoms with Crippen LogP contribution < -0.4 is 0 Å². The molecule has 16 heavy (non-hydrogen) atoms. The molecule has 0 spiro atoms. The Bertz CT molecular complexity index is 411. The molecule has 88 valence electrons. The quantitative estimate of drug-likeness (QED) is 0.646. The lowest BCUT2D eigenvalue weighted by molar-refractivity contribution is 0.0980. The monoisotopic (exact) mass is 240 g/mol. The van der Waals surface area contributed by atoms with Crippen molar-refractivity contribution >= 4 is 17.4 Å². The second kappa shape index (κ2) is 5.35. The van der Waals surface area contributed by atoms with Gasteiger partial charge in [0, 0.05) is 17.9 Å². The van der Waals surface area contributed by atoms with Gasteiger partial charge in [0.25, 0.3) is 0 Å². The predicted molar refractivity (Wildman–Crippen MR) is 66.6 cm³/mol. The number of carbonyl (C=O) groups is 1. The van der Waals surface area contributed by atoms with Crippen LogP contribution in [0.3, 0.4) is 0 Å². The number of hydrogen-bond acceptors (Lipinski definition) is 2. The number of ketones is 1. The van der Waals surface area contributed by atoms with Crippen molar-refractivity contribution in [3.05, 3.63) is 28.3 Å². The number of alkyl halides is 1. The standard InChI is InChI=1S/C13H17ClO2/c1-8-7-12(16)9(2)10(3)13(8)11(15)5-4-6-14/h7,16H,4-6H2,1-3H3. The molecule has 0 heterocycles. The maximum Gasteiger partial charge on any atom is 0.163 e. The molecule has 0 atom stereocenters. The maximum absolute atomic E-state index is 12.0. The summed E-state index contributed by atoms with van der Waals surface area (Å²) in [7, 11) is 0. The number of Topliss-reactive ketones (excluding diaryl/α,β-unsaturated/α-hetero) is 1. The summed E-state index contributed by atoms with van der Waals surface area (Å²) in [6.07, 6.45) is 1.16. The molecule has 1 N–H and O–H groups in total. The van der Waals surface area contributed by atoms with Gasteiger partial charge in [-0.3, -0.25) is 4.79 Å². The van der Waals surface area contributed by atoms with E-state index in [9.17, 15) is 9.90 Å². The summed E-state index contributed by atoms with van der Waals surface area (Å²) in [6.45, 7) is 5.54. The van der Waals surface area contributed by atoms with Crippen LogP contribution in [0.15, 0.2) is 6.07 Å². The summed E-state index contributed by atoms with van der Waals surface area (Å²) >= 11 is 5.58. The van der Waals surface area contributed by atoms with E-state index in [2.05, 4.69) is 0 Å². The summed E-state index contributed by atoms with van der Waals surface area (Å²) in [4.78, 5) is 12.0. The summed E-state index contributed by atoms with van der Waals surface area (Å²) in [6, 6.07) is 1.65. The molecule has 1 rings (SSSR count). The molecule has 0 saturated heterocycles. The lowest BCUT2D eigenvalue weighted by Gasteiger charge is -2.12. The highest BCUT2D eigenvalue weighted by molar-refractivity contribution is 6.18. The van der Waals surface area contributed by atoms with E-state index in [1.165, 1.54) is 0 Å². The second-order valence-corrected chi connectivity index (χ2v) is 4.43. The zero-order valence-corrected chi connectivity index (χ0v) is 10.7. The van der Waals surface area contributed by atoms with Crippen LogP contribution in [0, 0.1) is 20.8 Å². The molecule has 0 bridgehead atoms. The number of carbonyl (C=O) groups excluding carboxylic acids is 1. The van der Waals surface area contributed by atoms with E-state index in [4.69, 9.17) is 11.6 Å². The number of aryl methyl sites for hydroxylation is 1. The average Bonchev–Trinajstić information content (AvgIpc) is 2.23. The van der Waals surface area contributed by atoms with Crippen molar-refractivity contribution in [3.8, 4) is 5.75 Å². The van der Waals surface area contributed by atoms with Crippen molar-refractivity contribution in [2.45, 2.75) is 33.6 Å². The normalized spacial score (nSPS) is 10.5. The largest absolute Gasteiger partial charge is 0.508 e. The molecule has 1 aromatic rings. The molecule has 0 fully saturated rings. The number of hydrogen-bond donors (Lipinski definition) is 1. The van der Waals surface area contributed by atoms with Crippen LogP contribution in [0.2, 0.25) is 0 Å². The van der Waals surface area contributed by atoms with Gasteiger partial charge in [0.15, 0.2) is 5.78 Å². The minimum absolute atomic E-state index is 0.110. The van der Waals surface area contributed by atoms with Crippen LogP contribution in [0.1, 0.15) is 39.9 Å². The fourth-order valence-corrected chi connectivity index (χ4v) is 1.98. The number of phenolic OH excluding ortho intramolecular Hbond substituents is 1. The van der Waals surface area contributed by atoms with E-state index >= 15 is 0 Å². The summed E-state index contributed by atoms with van der Waals surface area (Å²) in [5, 5.41) is 9.63. The van der Waals surface area contributed by atoms with Gasteiger partial charge in [-0.15, -0.1) is 11.6 Å². The first kappa shape index (κ1) is 13.0. The van der Waals surface area contributed by atoms with Gasteiger partial charge in [0.1, 0.15) is 5.75 Å². The van der Waals surface area contributed by atoms with Crippen molar-refractivity contribution in [2.75, 3.05) is 5.88 Å². The molecular formula is C13H17ClO2. The van der Waals surface area contributed by atoms with E-state index in [0.717, 1.165) is 22.3 Å². The molecule has 0 aromatic heterocycles. The Morgan fingerprint density at radius 3 is 2.50 bits per heavy atom. The molecule has 0 aliphatic rings. The lowest BCUT2D eigenvalue weighted by Crippen LogP contribution is -2.06. The smallest absolute Gasteiger partial charge is 0.163 e. The number of rotatable bonds is 4. The summed E-state index contributed by atoms with van der Waals surface area (Å²) in [5.74, 6) is 0.864. The van der Waals surface area contributed by atoms with Crippen molar-refractivity contribution < 1.29 is 9.90 Å². The molecule has 0 saturated carbocycles. The predicted octanol–water partition coefficient (Wildman–Crippen LogP) is 3.52. The molecule has 2 nitrogen and oxygen atoms in total. The summed E-state index contributed by atoms with van der Waals surface area (Å²) < 4.78 is 0. The molecule has 0 unspecified atom stereocenters. The number of aromatic hydroxyl groups is 1. The van der Waals surface area contributed by atoms with Crippen LogP contribution in [0.25, 0.3) is 0 Å². The first-order chi connectivity index (χ1) is 7.49. The van der Waals surface area contributed by atoms with Gasteiger partial charge in [-0.1, -0.05) is 0 Å². The SMILES string of the molecule is Cc1cc(O)c(C)c(C)c1C(=O)CCCCl. The molecule has 0 amide bonds. The highest BCUT2D eigenvalue weighted by Crippen LogP contribution is 2.27. The van der Waals surface area contributed by atoms with Gasteiger partial charge >= 0.3 is 0 Å². The fourth-order valence-electron chi connectivity index (χ4n) is 1.84. The first-order valence-corrected chi connectivity index (χ1v) is 5.91. The third kappa shape index (κ3) is 2.56. The van der Waals surface area contributed by atoms with Gasteiger partial charge in [-0.2, -0.15) is 0 Å². The second-order valence-electron chi connectivity index (χ2n) is 4.05. The van der Waals surface area contributed by atoms with Gasteiger partial charge in [0.05, 0.1) is 0 Å². The minimum Gasteiger partial charge on any atom is -0.508 e. The van der Waals surface area contributed by atoms with E-state index in [1.54, 1.807) is 6.07 Å². The molecule has 3 heteroatoms. The highest BCUT2D eigenvalue weighted by Gasteiger charge is 2.15. The lowest BCUT2D eigenvalue weighted by atomic mass is 9.93. The van der Waals surface area contributed by atoms with Crippen LogP contribution >= 0.6 is 11.6 Å². The molecule has 0 radical (unpaired) electrons. The molecule has 1 aromatic carbocycles. The van der Waals surface area contributed by atoms with Crippen molar-refractivity contribution in [1.82, 2.24) is 0 Å². The Morgan fingerprint density at radius 1 is 1.31 bits per heavy atom.